The Hall–Kier alpha value is -2.11. The van der Waals surface area contributed by atoms with Crippen LogP contribution in [0.5, 0.6) is 0 Å². The predicted molar refractivity (Wildman–Crippen MR) is 132 cm³/mol. The summed E-state index contributed by atoms with van der Waals surface area (Å²) in [4.78, 5) is 11.2. The van der Waals surface area contributed by atoms with Gasteiger partial charge in [0, 0.05) is 19.6 Å². The molecule has 1 amide bonds. The third-order valence-corrected chi connectivity index (χ3v) is 8.18. The number of hydrogen-bond donors (Lipinski definition) is 1. The molecule has 0 bridgehead atoms. The molecule has 2 aromatic carbocycles. The number of hydrogen-bond acceptors (Lipinski definition) is 5. The highest BCUT2D eigenvalue weighted by Gasteiger charge is 2.28. The first kappa shape index (κ1) is 27.1. The minimum atomic E-state index is -3.61. The van der Waals surface area contributed by atoms with E-state index in [-0.39, 0.29) is 26.9 Å². The van der Waals surface area contributed by atoms with Gasteiger partial charge in [-0.25, -0.2) is 8.42 Å². The number of sulfone groups is 1. The second kappa shape index (κ2) is 13.6. The van der Waals surface area contributed by atoms with Crippen molar-refractivity contribution in [1.82, 2.24) is 10.2 Å². The van der Waals surface area contributed by atoms with Crippen LogP contribution in [0.15, 0.2) is 47.4 Å². The molecule has 1 aliphatic rings. The van der Waals surface area contributed by atoms with E-state index in [4.69, 9.17) is 33.3 Å². The number of halogens is 2. The number of carbonyl (C=O) groups excluding carboxylic acids is 1. The summed E-state index contributed by atoms with van der Waals surface area (Å²) in [6.07, 6.45) is 6.80. The molecular formula is C24H29Cl2N3O3S. The smallest absolute Gasteiger partial charge is 0.206 e. The van der Waals surface area contributed by atoms with Gasteiger partial charge in [-0.1, -0.05) is 60.7 Å². The Labute approximate surface area is 206 Å². The van der Waals surface area contributed by atoms with Crippen LogP contribution in [0.3, 0.4) is 0 Å². The van der Waals surface area contributed by atoms with Gasteiger partial charge in [0.25, 0.3) is 0 Å². The molecule has 0 aromatic heterocycles. The molecule has 33 heavy (non-hydrogen) atoms. The third kappa shape index (κ3) is 8.31. The topological polar surface area (TPSA) is 90.3 Å². The summed E-state index contributed by atoms with van der Waals surface area (Å²) in [5.74, 6) is -0.0754. The van der Waals surface area contributed by atoms with E-state index >= 15 is 0 Å². The largest absolute Gasteiger partial charge is 0.362 e. The van der Waals surface area contributed by atoms with Crippen molar-refractivity contribution in [3.63, 3.8) is 0 Å². The highest BCUT2D eigenvalue weighted by Crippen LogP contribution is 2.31. The molecule has 0 spiro atoms. The maximum absolute atomic E-state index is 13.1. The molecule has 1 N–H and O–H groups in total. The SMILES string of the molecule is CNC=O.N#Cc1ccc(CCN(CS(=O)(=O)c2cccc(Cl)c2Cl)C2CCCCC2)cc1. The van der Waals surface area contributed by atoms with Crippen molar-refractivity contribution in [2.75, 3.05) is 19.5 Å². The van der Waals surface area contributed by atoms with Crippen molar-refractivity contribution >= 4 is 39.4 Å². The molecule has 0 saturated heterocycles. The average Bonchev–Trinajstić information content (AvgIpc) is 2.84. The number of benzene rings is 2. The van der Waals surface area contributed by atoms with Gasteiger partial charge in [-0.3, -0.25) is 9.69 Å². The summed E-state index contributed by atoms with van der Waals surface area (Å²) in [5, 5.41) is 11.5. The molecule has 0 atom stereocenters. The molecule has 3 rings (SSSR count). The number of amides is 1. The van der Waals surface area contributed by atoms with Crippen molar-refractivity contribution < 1.29 is 13.2 Å². The molecule has 0 heterocycles. The average molecular weight is 510 g/mol. The second-order valence-electron chi connectivity index (χ2n) is 7.87. The van der Waals surface area contributed by atoms with E-state index in [1.807, 2.05) is 12.1 Å². The Balaban J connectivity index is 0.000000890. The number of rotatable bonds is 8. The summed E-state index contributed by atoms with van der Waals surface area (Å²) < 4.78 is 26.3. The predicted octanol–water partition coefficient (Wildman–Crippen LogP) is 4.84. The minimum absolute atomic E-state index is 0.0754. The Kier molecular flexibility index (Phi) is 11.2. The normalized spacial score (nSPS) is 14.2. The molecule has 178 valence electrons. The van der Waals surface area contributed by atoms with Gasteiger partial charge in [-0.05, 0) is 49.1 Å². The molecule has 1 aliphatic carbocycles. The first-order valence-electron chi connectivity index (χ1n) is 10.8. The van der Waals surface area contributed by atoms with Crippen LogP contribution in [-0.2, 0) is 21.1 Å². The van der Waals surface area contributed by atoms with Gasteiger partial charge in [-0.15, -0.1) is 0 Å². The molecule has 9 heteroatoms. The van der Waals surface area contributed by atoms with Crippen LogP contribution >= 0.6 is 23.2 Å². The van der Waals surface area contributed by atoms with Crippen molar-refractivity contribution in [1.29, 1.82) is 5.26 Å². The zero-order chi connectivity index (χ0) is 24.3. The van der Waals surface area contributed by atoms with Gasteiger partial charge in [0.15, 0.2) is 9.84 Å². The fraction of sp³-hybridized carbons (Fsp3) is 0.417. The summed E-state index contributed by atoms with van der Waals surface area (Å²) in [5.41, 5.74) is 1.71. The van der Waals surface area contributed by atoms with Gasteiger partial charge >= 0.3 is 0 Å². The summed E-state index contributed by atoms with van der Waals surface area (Å²) in [6, 6.07) is 14.5. The van der Waals surface area contributed by atoms with Crippen LogP contribution < -0.4 is 5.32 Å². The monoisotopic (exact) mass is 509 g/mol. The maximum atomic E-state index is 13.1. The maximum Gasteiger partial charge on any atom is 0.206 e. The lowest BCUT2D eigenvalue weighted by molar-refractivity contribution is -0.109. The van der Waals surface area contributed by atoms with Crippen LogP contribution in [0.2, 0.25) is 10.0 Å². The van der Waals surface area contributed by atoms with Gasteiger partial charge in [0.2, 0.25) is 6.41 Å². The van der Waals surface area contributed by atoms with E-state index in [0.717, 1.165) is 37.7 Å². The highest BCUT2D eigenvalue weighted by atomic mass is 35.5. The van der Waals surface area contributed by atoms with Crippen LogP contribution in [0.25, 0.3) is 0 Å². The summed E-state index contributed by atoms with van der Waals surface area (Å²) in [7, 11) is -2.05. The van der Waals surface area contributed by atoms with Crippen molar-refractivity contribution in [3.8, 4) is 6.07 Å². The van der Waals surface area contributed by atoms with E-state index in [1.54, 1.807) is 31.3 Å². The van der Waals surface area contributed by atoms with E-state index < -0.39 is 9.84 Å². The number of nitrogens with one attached hydrogen (secondary N) is 1. The molecule has 0 radical (unpaired) electrons. The van der Waals surface area contributed by atoms with Crippen molar-refractivity contribution in [2.45, 2.75) is 49.5 Å². The number of carbonyl (C=O) groups is 1. The minimum Gasteiger partial charge on any atom is -0.362 e. The van der Waals surface area contributed by atoms with Crippen molar-refractivity contribution in [2.24, 2.45) is 0 Å². The molecule has 6 nitrogen and oxygen atoms in total. The van der Waals surface area contributed by atoms with Gasteiger partial charge in [0.05, 0.1) is 26.6 Å². The van der Waals surface area contributed by atoms with Crippen LogP contribution in [-0.4, -0.2) is 45.2 Å². The molecule has 0 aliphatic heterocycles. The summed E-state index contributed by atoms with van der Waals surface area (Å²) >= 11 is 12.2. The van der Waals surface area contributed by atoms with Crippen molar-refractivity contribution in [3.05, 3.63) is 63.6 Å². The molecule has 2 aromatic rings. The Morgan fingerprint density at radius 3 is 2.33 bits per heavy atom. The first-order valence-corrected chi connectivity index (χ1v) is 13.2. The molecule has 1 saturated carbocycles. The van der Waals surface area contributed by atoms with E-state index in [1.165, 1.54) is 12.5 Å². The third-order valence-electron chi connectivity index (χ3n) is 5.57. The number of nitriles is 1. The van der Waals surface area contributed by atoms with E-state index in [2.05, 4.69) is 16.3 Å². The highest BCUT2D eigenvalue weighted by molar-refractivity contribution is 7.91. The van der Waals surface area contributed by atoms with Crippen LogP contribution in [0.4, 0.5) is 0 Å². The van der Waals surface area contributed by atoms with Crippen LogP contribution in [0, 0.1) is 11.3 Å². The molecular weight excluding hydrogens is 481 g/mol. The number of nitrogens with zero attached hydrogens (tertiary/aromatic N) is 2. The Morgan fingerprint density at radius 1 is 1.12 bits per heavy atom. The van der Waals surface area contributed by atoms with Crippen LogP contribution in [0.1, 0.15) is 43.2 Å². The fourth-order valence-electron chi connectivity index (χ4n) is 3.83. The first-order chi connectivity index (χ1) is 15.8. The Bertz CT molecular complexity index is 1050. The molecule has 0 unspecified atom stereocenters. The second-order valence-corrected chi connectivity index (χ2v) is 10.6. The Morgan fingerprint density at radius 2 is 1.76 bits per heavy atom. The lowest BCUT2D eigenvalue weighted by atomic mass is 9.94. The zero-order valence-electron chi connectivity index (χ0n) is 18.6. The quantitative estimate of drug-likeness (QED) is 0.514. The molecule has 1 fully saturated rings. The standard InChI is InChI=1S/C22H24Cl2N2O2S.C2H5NO/c23-20-7-4-8-21(22(20)24)29(27,28)16-26(19-5-2-1-3-6-19)14-13-17-9-11-18(15-25)12-10-17;1-3-2-4/h4,7-12,19H,1-3,5-6,13-14,16H2;2H,1H3,(H,3,4). The van der Waals surface area contributed by atoms with Gasteiger partial charge in [-0.2, -0.15) is 5.26 Å². The fourth-order valence-corrected chi connectivity index (χ4v) is 6.12. The zero-order valence-corrected chi connectivity index (χ0v) is 21.0. The summed E-state index contributed by atoms with van der Waals surface area (Å²) in [6.45, 7) is 0.633. The van der Waals surface area contributed by atoms with Gasteiger partial charge < -0.3 is 5.32 Å². The lowest BCUT2D eigenvalue weighted by Gasteiger charge is -2.34. The van der Waals surface area contributed by atoms with E-state index in [0.29, 0.717) is 18.5 Å². The van der Waals surface area contributed by atoms with E-state index in [9.17, 15) is 8.42 Å². The lowest BCUT2D eigenvalue weighted by Crippen LogP contribution is -2.41. The van der Waals surface area contributed by atoms with Gasteiger partial charge in [0.1, 0.15) is 5.88 Å².